The predicted molar refractivity (Wildman–Crippen MR) is 61.2 cm³/mol. The Balaban J connectivity index is 2.53. The van der Waals surface area contributed by atoms with E-state index in [-0.39, 0.29) is 22.9 Å². The average Bonchev–Trinajstić information content (AvgIpc) is 2.30. The largest absolute Gasteiger partial charge is 0.535 e. The number of phenols is 1. The van der Waals surface area contributed by atoms with Gasteiger partial charge in [-0.05, 0) is 18.1 Å². The van der Waals surface area contributed by atoms with E-state index in [2.05, 4.69) is 4.74 Å². The van der Waals surface area contributed by atoms with Crippen LogP contribution in [0.5, 0.6) is 11.5 Å². The lowest BCUT2D eigenvalue weighted by atomic mass is 9.68. The third-order valence-corrected chi connectivity index (χ3v) is 2.87. The molecule has 0 fully saturated rings. The van der Waals surface area contributed by atoms with E-state index in [9.17, 15) is 14.9 Å². The van der Waals surface area contributed by atoms with Gasteiger partial charge in [0.15, 0.2) is 0 Å². The quantitative estimate of drug-likeness (QED) is 0.561. The van der Waals surface area contributed by atoms with Crippen LogP contribution in [0.2, 0.25) is 5.82 Å². The van der Waals surface area contributed by atoms with Crippen molar-refractivity contribution < 1.29 is 24.3 Å². The first kappa shape index (κ1) is 11.8. The number of fused-ring (bicyclic) bond motifs is 1. The number of phenolic OH excluding ortho intramolecular Hbond substituents is 1. The molecule has 0 radical (unpaired) electrons. The fourth-order valence-corrected chi connectivity index (χ4v) is 1.89. The Labute approximate surface area is 99.1 Å². The fraction of sp³-hybridized carbons (Fsp3) is 0.364. The molecule has 0 saturated heterocycles. The summed E-state index contributed by atoms with van der Waals surface area (Å²) < 4.78 is 9.86. The highest BCUT2D eigenvalue weighted by molar-refractivity contribution is 6.46. The SMILES string of the molecule is COC(=O)c1c(O)ccc2c1OB(O)C(C)C2. The summed E-state index contributed by atoms with van der Waals surface area (Å²) in [4.78, 5) is 11.6. The second kappa shape index (κ2) is 4.29. The molecule has 6 heteroatoms. The molecule has 1 aliphatic heterocycles. The zero-order valence-corrected chi connectivity index (χ0v) is 9.64. The van der Waals surface area contributed by atoms with Crippen LogP contribution in [-0.4, -0.2) is 30.3 Å². The molecule has 0 amide bonds. The number of benzene rings is 1. The summed E-state index contributed by atoms with van der Waals surface area (Å²) in [5, 5.41) is 19.3. The van der Waals surface area contributed by atoms with E-state index >= 15 is 0 Å². The van der Waals surface area contributed by atoms with Gasteiger partial charge in [-0.1, -0.05) is 13.0 Å². The number of aromatic hydroxyl groups is 1. The Kier molecular flexibility index (Phi) is 2.98. The number of hydrogen-bond donors (Lipinski definition) is 2. The van der Waals surface area contributed by atoms with Crippen molar-refractivity contribution in [2.45, 2.75) is 19.2 Å². The molecule has 1 aromatic carbocycles. The van der Waals surface area contributed by atoms with Crippen LogP contribution >= 0.6 is 0 Å². The molecule has 17 heavy (non-hydrogen) atoms. The molecule has 0 saturated carbocycles. The predicted octanol–water partition coefficient (Wildman–Crippen LogP) is 0.984. The van der Waals surface area contributed by atoms with Gasteiger partial charge in [0.25, 0.3) is 0 Å². The molecule has 0 aromatic heterocycles. The second-order valence-electron chi connectivity index (χ2n) is 4.13. The van der Waals surface area contributed by atoms with Gasteiger partial charge in [0.1, 0.15) is 17.1 Å². The first-order chi connectivity index (χ1) is 8.04. The normalized spacial score (nSPS) is 18.3. The van der Waals surface area contributed by atoms with Crippen LogP contribution < -0.4 is 4.65 Å². The number of carbonyl (C=O) groups is 1. The number of methoxy groups -OCH3 is 1. The molecule has 1 aliphatic rings. The Morgan fingerprint density at radius 3 is 2.94 bits per heavy atom. The molecule has 2 N–H and O–H groups in total. The van der Waals surface area contributed by atoms with Crippen molar-refractivity contribution in [2.75, 3.05) is 7.11 Å². The van der Waals surface area contributed by atoms with E-state index in [1.54, 1.807) is 6.07 Å². The van der Waals surface area contributed by atoms with E-state index in [0.29, 0.717) is 6.42 Å². The van der Waals surface area contributed by atoms with Crippen molar-refractivity contribution in [3.63, 3.8) is 0 Å². The summed E-state index contributed by atoms with van der Waals surface area (Å²) in [6, 6.07) is 3.11. The molecule has 2 rings (SSSR count). The zero-order valence-electron chi connectivity index (χ0n) is 9.64. The molecule has 90 valence electrons. The minimum absolute atomic E-state index is 0.0315. The lowest BCUT2D eigenvalue weighted by Gasteiger charge is -2.26. The standard InChI is InChI=1S/C11H13BO5/c1-6-5-7-3-4-8(13)9(11(14)16-2)10(7)17-12(6)15/h3-4,6,13,15H,5H2,1-2H3. The first-order valence-corrected chi connectivity index (χ1v) is 5.32. The highest BCUT2D eigenvalue weighted by Gasteiger charge is 2.35. The summed E-state index contributed by atoms with van der Waals surface area (Å²) in [5.41, 5.74) is 0.747. The van der Waals surface area contributed by atoms with Crippen LogP contribution in [0, 0.1) is 0 Å². The van der Waals surface area contributed by atoms with Gasteiger partial charge in [0.05, 0.1) is 7.11 Å². The zero-order chi connectivity index (χ0) is 12.6. The molecule has 1 heterocycles. The third kappa shape index (κ3) is 1.96. The lowest BCUT2D eigenvalue weighted by molar-refractivity contribution is 0.0594. The summed E-state index contributed by atoms with van der Waals surface area (Å²) in [6.07, 6.45) is 0.584. The van der Waals surface area contributed by atoms with Gasteiger partial charge in [-0.15, -0.1) is 0 Å². The van der Waals surface area contributed by atoms with E-state index in [0.717, 1.165) is 5.56 Å². The van der Waals surface area contributed by atoms with Crippen LogP contribution in [0.15, 0.2) is 12.1 Å². The van der Waals surface area contributed by atoms with Crippen LogP contribution in [0.4, 0.5) is 0 Å². The van der Waals surface area contributed by atoms with E-state index in [1.165, 1.54) is 13.2 Å². The maximum absolute atomic E-state index is 11.6. The van der Waals surface area contributed by atoms with E-state index in [1.807, 2.05) is 6.92 Å². The van der Waals surface area contributed by atoms with Crippen molar-refractivity contribution >= 4 is 13.1 Å². The first-order valence-electron chi connectivity index (χ1n) is 5.32. The molecular weight excluding hydrogens is 223 g/mol. The summed E-state index contributed by atoms with van der Waals surface area (Å²) in [7, 11) is 0.246. The van der Waals surface area contributed by atoms with Gasteiger partial charge < -0.3 is 19.5 Å². The Morgan fingerprint density at radius 1 is 1.59 bits per heavy atom. The maximum atomic E-state index is 11.6. The minimum atomic E-state index is -0.979. The second-order valence-corrected chi connectivity index (χ2v) is 4.13. The van der Waals surface area contributed by atoms with E-state index < -0.39 is 13.1 Å². The topological polar surface area (TPSA) is 76.0 Å². The van der Waals surface area contributed by atoms with Gasteiger partial charge >= 0.3 is 13.1 Å². The molecule has 5 nitrogen and oxygen atoms in total. The average molecular weight is 236 g/mol. The molecule has 0 aliphatic carbocycles. The molecule has 0 spiro atoms. The maximum Gasteiger partial charge on any atom is 0.525 e. The Hall–Kier alpha value is -1.69. The number of rotatable bonds is 1. The van der Waals surface area contributed by atoms with Gasteiger partial charge in [-0.25, -0.2) is 4.79 Å². The molecule has 0 bridgehead atoms. The van der Waals surface area contributed by atoms with Crippen molar-refractivity contribution in [2.24, 2.45) is 0 Å². The van der Waals surface area contributed by atoms with Crippen molar-refractivity contribution in [1.82, 2.24) is 0 Å². The highest BCUT2D eigenvalue weighted by atomic mass is 16.5. The number of esters is 1. The summed E-state index contributed by atoms with van der Waals surface area (Å²) >= 11 is 0. The van der Waals surface area contributed by atoms with Crippen molar-refractivity contribution in [1.29, 1.82) is 0 Å². The van der Waals surface area contributed by atoms with Crippen LogP contribution in [0.3, 0.4) is 0 Å². The number of hydrogen-bond acceptors (Lipinski definition) is 5. The fourth-order valence-electron chi connectivity index (χ4n) is 1.89. The Bertz CT molecular complexity index is 459. The van der Waals surface area contributed by atoms with Gasteiger partial charge in [0.2, 0.25) is 0 Å². The van der Waals surface area contributed by atoms with Crippen molar-refractivity contribution in [3.8, 4) is 11.5 Å². The minimum Gasteiger partial charge on any atom is -0.535 e. The van der Waals surface area contributed by atoms with Gasteiger partial charge in [-0.3, -0.25) is 0 Å². The highest BCUT2D eigenvalue weighted by Crippen LogP contribution is 2.38. The van der Waals surface area contributed by atoms with Crippen molar-refractivity contribution in [3.05, 3.63) is 23.3 Å². The molecule has 1 atom stereocenters. The molecular formula is C11H13BO5. The van der Waals surface area contributed by atoms with Crippen LogP contribution in [0.25, 0.3) is 0 Å². The molecule has 1 unspecified atom stereocenters. The third-order valence-electron chi connectivity index (χ3n) is 2.87. The molecule has 1 aromatic rings. The Morgan fingerprint density at radius 2 is 2.29 bits per heavy atom. The van der Waals surface area contributed by atoms with Crippen LogP contribution in [0.1, 0.15) is 22.8 Å². The number of carbonyl (C=O) groups excluding carboxylic acids is 1. The van der Waals surface area contributed by atoms with Gasteiger partial charge in [-0.2, -0.15) is 0 Å². The number of ether oxygens (including phenoxy) is 1. The van der Waals surface area contributed by atoms with Crippen LogP contribution in [-0.2, 0) is 11.2 Å². The monoisotopic (exact) mass is 236 g/mol. The van der Waals surface area contributed by atoms with E-state index in [4.69, 9.17) is 4.65 Å². The lowest BCUT2D eigenvalue weighted by Crippen LogP contribution is -2.33. The smallest absolute Gasteiger partial charge is 0.525 e. The summed E-state index contributed by atoms with van der Waals surface area (Å²) in [5.74, 6) is -0.738. The van der Waals surface area contributed by atoms with Gasteiger partial charge in [0, 0.05) is 5.82 Å². The summed E-state index contributed by atoms with van der Waals surface area (Å²) in [6.45, 7) is 1.85.